The normalized spacial score (nSPS) is 12.1. The van der Waals surface area contributed by atoms with Crippen molar-refractivity contribution in [2.45, 2.75) is 0 Å². The van der Waals surface area contributed by atoms with Gasteiger partial charge in [-0.05, 0) is 173 Å². The van der Waals surface area contributed by atoms with Crippen molar-refractivity contribution < 1.29 is 0 Å². The second kappa shape index (κ2) is 22.4. The Balaban J connectivity index is 0.668. The molecule has 7 heterocycles. The number of rotatable bonds is 9. The second-order valence-electron chi connectivity index (χ2n) is 26.6. The minimum absolute atomic E-state index is 0.578. The Bertz CT molecular complexity index is 6990. The van der Waals surface area contributed by atoms with Gasteiger partial charge in [0.25, 0.3) is 0 Å². The molecule has 0 aliphatic heterocycles. The summed E-state index contributed by atoms with van der Waals surface area (Å²) in [5.74, 6) is 1.74. The zero-order chi connectivity index (χ0) is 66.7. The molecule has 0 fully saturated rings. The number of hydrogen-bond donors (Lipinski definition) is 0. The van der Waals surface area contributed by atoms with Crippen LogP contribution in [0, 0.1) is 0 Å². The van der Waals surface area contributed by atoms with Crippen LogP contribution in [0.25, 0.3) is 211 Å². The van der Waals surface area contributed by atoms with Gasteiger partial charge in [0.05, 0.1) is 33.1 Å². The Morgan fingerprint density at radius 2 is 0.451 bits per heavy atom. The average Bonchev–Trinajstić information content (AvgIpc) is 1.58. The van der Waals surface area contributed by atoms with E-state index in [1.807, 2.05) is 34.0 Å². The predicted octanol–water partition coefficient (Wildman–Crippen LogP) is 26.3. The fraction of sp³-hybridized carbons (Fsp3) is 0. The number of hydrogen-bond acceptors (Lipinski definition) is 6. The second-order valence-corrected chi connectivity index (χ2v) is 29.9. The van der Waals surface area contributed by atoms with Gasteiger partial charge in [-0.25, -0.2) is 15.0 Å². The molecule has 22 aromatic rings. The number of benzene rings is 15. The van der Waals surface area contributed by atoms with Crippen molar-refractivity contribution in [3.05, 3.63) is 328 Å². The van der Waals surface area contributed by atoms with E-state index in [-0.39, 0.29) is 0 Å². The van der Waals surface area contributed by atoms with Gasteiger partial charge < -0.3 is 13.7 Å². The molecule has 102 heavy (non-hydrogen) atoms. The van der Waals surface area contributed by atoms with Gasteiger partial charge in [-0.2, -0.15) is 0 Å². The molecule has 6 nitrogen and oxygen atoms in total. The maximum Gasteiger partial charge on any atom is 0.164 e. The van der Waals surface area contributed by atoms with Crippen LogP contribution in [0.15, 0.2) is 328 Å². The van der Waals surface area contributed by atoms with Crippen molar-refractivity contribution in [2.24, 2.45) is 0 Å². The minimum atomic E-state index is 0.578. The molecule has 0 N–H and O–H groups in total. The highest BCUT2D eigenvalue weighted by Crippen LogP contribution is 2.45. The molecule has 7 aromatic heterocycles. The van der Waals surface area contributed by atoms with Crippen molar-refractivity contribution in [1.82, 2.24) is 28.7 Å². The Kier molecular flexibility index (Phi) is 12.6. The molecule has 0 spiro atoms. The molecule has 0 saturated carbocycles. The molecule has 0 bridgehead atoms. The maximum atomic E-state index is 5.49. The lowest BCUT2D eigenvalue weighted by molar-refractivity contribution is 1.07. The lowest BCUT2D eigenvalue weighted by atomic mass is 10.0. The molecule has 0 amide bonds. The molecule has 0 unspecified atom stereocenters. The van der Waals surface area contributed by atoms with Crippen LogP contribution in [0.2, 0.25) is 0 Å². The molecular weight excluding hydrogens is 1300 g/mol. The van der Waals surface area contributed by atoms with Crippen LogP contribution >= 0.6 is 34.0 Å². The highest BCUT2D eigenvalue weighted by atomic mass is 32.1. The summed E-state index contributed by atoms with van der Waals surface area (Å²) in [5.41, 5.74) is 19.7. The van der Waals surface area contributed by atoms with E-state index in [9.17, 15) is 0 Å². The summed E-state index contributed by atoms with van der Waals surface area (Å²) in [6.45, 7) is 0. The third-order valence-corrected chi connectivity index (χ3v) is 24.3. The van der Waals surface area contributed by atoms with E-state index in [2.05, 4.69) is 341 Å². The molecule has 0 aliphatic rings. The zero-order valence-electron chi connectivity index (χ0n) is 54.6. The maximum absolute atomic E-state index is 5.49. The Labute approximate surface area is 596 Å². The molecular formula is C93H54N6S3. The number of nitrogens with zero attached hydrogens (tertiary/aromatic N) is 6. The van der Waals surface area contributed by atoms with E-state index >= 15 is 0 Å². The van der Waals surface area contributed by atoms with Crippen LogP contribution in [0.5, 0.6) is 0 Å². The molecule has 474 valence electrons. The van der Waals surface area contributed by atoms with Gasteiger partial charge in [0.1, 0.15) is 0 Å². The van der Waals surface area contributed by atoms with Crippen LogP contribution in [0.3, 0.4) is 0 Å². The first kappa shape index (κ1) is 57.3. The fourth-order valence-corrected chi connectivity index (χ4v) is 19.5. The Morgan fingerprint density at radius 1 is 0.167 bits per heavy atom. The molecule has 0 atom stereocenters. The summed E-state index contributed by atoms with van der Waals surface area (Å²) in [6, 6.07) is 120. The molecule has 15 aromatic carbocycles. The largest absolute Gasteiger partial charge is 0.309 e. The van der Waals surface area contributed by atoms with E-state index in [1.54, 1.807) is 0 Å². The van der Waals surface area contributed by atoms with Crippen molar-refractivity contribution in [2.75, 3.05) is 0 Å². The monoisotopic (exact) mass is 1350 g/mol. The van der Waals surface area contributed by atoms with Crippen molar-refractivity contribution in [3.63, 3.8) is 0 Å². The summed E-state index contributed by atoms with van der Waals surface area (Å²) in [5, 5.41) is 15.0. The van der Waals surface area contributed by atoms with Gasteiger partial charge in [-0.1, -0.05) is 188 Å². The summed E-state index contributed by atoms with van der Waals surface area (Å²) >= 11 is 5.57. The first-order chi connectivity index (χ1) is 50.5. The van der Waals surface area contributed by atoms with E-state index < -0.39 is 0 Å². The minimum Gasteiger partial charge on any atom is -0.309 e. The van der Waals surface area contributed by atoms with Gasteiger partial charge >= 0.3 is 0 Å². The first-order valence-corrected chi connectivity index (χ1v) is 36.9. The first-order valence-electron chi connectivity index (χ1n) is 34.4. The lowest BCUT2D eigenvalue weighted by Gasteiger charge is -2.13. The summed E-state index contributed by atoms with van der Waals surface area (Å²) in [7, 11) is 0. The lowest BCUT2D eigenvalue weighted by Crippen LogP contribution is -2.02. The summed E-state index contributed by atoms with van der Waals surface area (Å²) in [6.07, 6.45) is 0. The predicted molar refractivity (Wildman–Crippen MR) is 434 cm³/mol. The fourth-order valence-electron chi connectivity index (χ4n) is 16.1. The summed E-state index contributed by atoms with van der Waals surface area (Å²) < 4.78 is 15.0. The third-order valence-electron chi connectivity index (χ3n) is 20.9. The van der Waals surface area contributed by atoms with Gasteiger partial charge in [-0.15, -0.1) is 34.0 Å². The van der Waals surface area contributed by atoms with Crippen LogP contribution < -0.4 is 0 Å². The standard InChI is InChI=1S/C93H54N6S3/c1-7-25-79-67(19-1)76-49-56(59-33-41-73-70-22-4-10-28-85(70)100-88(73)52-59)36-44-82(76)97(79)64-39-31-55(32-40-64)91-94-92(62-15-13-17-65(47-62)98-80-26-8-2-20-68(80)77-50-57(37-45-83(77)98)60-34-42-74-71-23-5-11-29-86(71)101-89(74)53-60)96-93(95-91)63-16-14-18-66(48-63)99-81-27-9-3-21-69(81)78-51-58(38-46-84(78)99)61-35-43-75-72-24-6-12-30-87(72)102-90(75)54-61/h1-54H. The number of para-hydroxylation sites is 3. The SMILES string of the molecule is c1cc(-c2nc(-c3ccc(-n4c5ccccc5c5cc(-c6ccc7c(c6)sc6ccccc67)ccc54)cc3)nc(-c3cccc(-n4c5ccccc5c5cc(-c6ccc7c(c6)sc6ccccc67)ccc54)c3)n2)cc(-n2c3ccccc3c3cc(-c4ccc5c(c4)sc4ccccc45)ccc32)c1. The number of fused-ring (bicyclic) bond motifs is 18. The molecule has 0 aliphatic carbocycles. The quantitative estimate of drug-likeness (QED) is 0.145. The van der Waals surface area contributed by atoms with Crippen molar-refractivity contribution in [3.8, 4) is 84.6 Å². The zero-order valence-corrected chi connectivity index (χ0v) is 57.0. The Hall–Kier alpha value is -12.6. The van der Waals surface area contributed by atoms with Crippen LogP contribution in [0.4, 0.5) is 0 Å². The molecule has 0 saturated heterocycles. The average molecular weight is 1350 g/mol. The van der Waals surface area contributed by atoms with E-state index in [1.165, 1.54) is 126 Å². The molecule has 9 heteroatoms. The third kappa shape index (κ3) is 8.98. The van der Waals surface area contributed by atoms with Crippen molar-refractivity contribution in [1.29, 1.82) is 0 Å². The topological polar surface area (TPSA) is 53.5 Å². The highest BCUT2D eigenvalue weighted by molar-refractivity contribution is 7.26. The van der Waals surface area contributed by atoms with Crippen LogP contribution in [-0.4, -0.2) is 28.7 Å². The van der Waals surface area contributed by atoms with E-state index in [0.717, 1.165) is 66.9 Å². The van der Waals surface area contributed by atoms with Gasteiger partial charge in [0.15, 0.2) is 17.5 Å². The smallest absolute Gasteiger partial charge is 0.164 e. The van der Waals surface area contributed by atoms with Gasteiger partial charge in [0, 0.05) is 127 Å². The van der Waals surface area contributed by atoms with E-state index in [0.29, 0.717) is 17.5 Å². The number of thiophene rings is 3. The van der Waals surface area contributed by atoms with Crippen molar-refractivity contribution >= 4 is 160 Å². The van der Waals surface area contributed by atoms with Crippen LogP contribution in [-0.2, 0) is 0 Å². The summed E-state index contributed by atoms with van der Waals surface area (Å²) in [4.78, 5) is 16.4. The Morgan fingerprint density at radius 3 is 0.833 bits per heavy atom. The van der Waals surface area contributed by atoms with Crippen LogP contribution in [0.1, 0.15) is 0 Å². The van der Waals surface area contributed by atoms with Gasteiger partial charge in [-0.3, -0.25) is 0 Å². The molecule has 0 radical (unpaired) electrons. The van der Waals surface area contributed by atoms with Gasteiger partial charge in [0.2, 0.25) is 0 Å². The molecule has 22 rings (SSSR count). The highest BCUT2D eigenvalue weighted by Gasteiger charge is 2.22. The van der Waals surface area contributed by atoms with E-state index in [4.69, 9.17) is 15.0 Å². The number of aromatic nitrogens is 6.